The zero-order chi connectivity index (χ0) is 11.3. The Bertz CT molecular complexity index is 316. The van der Waals surface area contributed by atoms with Gasteiger partial charge in [0.2, 0.25) is 5.91 Å². The van der Waals surface area contributed by atoms with Crippen LogP contribution >= 0.6 is 11.3 Å². The molecule has 4 nitrogen and oxygen atoms in total. The molecule has 0 aliphatic carbocycles. The molecule has 0 atom stereocenters. The minimum absolute atomic E-state index is 0.0161. The Morgan fingerprint density at radius 1 is 1.47 bits per heavy atom. The van der Waals surface area contributed by atoms with Gasteiger partial charge in [-0.15, -0.1) is 11.3 Å². The molecular weight excluding hydrogens is 210 g/mol. The second kappa shape index (κ2) is 5.70. The van der Waals surface area contributed by atoms with Crippen molar-refractivity contribution >= 4 is 22.4 Å². The van der Waals surface area contributed by atoms with Crippen LogP contribution in [0.25, 0.3) is 0 Å². The SMILES string of the molecule is CCCNC(=O)CNc1nc(C)c(C)s1. The molecule has 0 aromatic carbocycles. The molecule has 5 heteroatoms. The number of nitrogens with zero attached hydrogens (tertiary/aromatic N) is 1. The molecule has 1 rings (SSSR count). The van der Waals surface area contributed by atoms with Crippen LogP contribution in [0.1, 0.15) is 23.9 Å². The number of aryl methyl sites for hydroxylation is 2. The summed E-state index contributed by atoms with van der Waals surface area (Å²) in [6, 6.07) is 0. The Balaban J connectivity index is 2.33. The van der Waals surface area contributed by atoms with Gasteiger partial charge in [0.05, 0.1) is 12.2 Å². The molecule has 2 N–H and O–H groups in total. The van der Waals surface area contributed by atoms with E-state index in [2.05, 4.69) is 15.6 Å². The van der Waals surface area contributed by atoms with Crippen LogP contribution in [0.3, 0.4) is 0 Å². The van der Waals surface area contributed by atoms with Crippen molar-refractivity contribution in [3.63, 3.8) is 0 Å². The topological polar surface area (TPSA) is 54.0 Å². The number of carbonyl (C=O) groups is 1. The Kier molecular flexibility index (Phi) is 4.55. The fourth-order valence-electron chi connectivity index (χ4n) is 1.03. The highest BCUT2D eigenvalue weighted by Gasteiger charge is 2.04. The van der Waals surface area contributed by atoms with E-state index in [9.17, 15) is 4.79 Å². The van der Waals surface area contributed by atoms with Crippen LogP contribution in [0, 0.1) is 13.8 Å². The minimum atomic E-state index is 0.0161. The summed E-state index contributed by atoms with van der Waals surface area (Å²) in [7, 11) is 0. The number of nitrogens with one attached hydrogen (secondary N) is 2. The first-order chi connectivity index (χ1) is 7.13. The summed E-state index contributed by atoms with van der Waals surface area (Å²) < 4.78 is 0. The lowest BCUT2D eigenvalue weighted by Gasteiger charge is -2.03. The summed E-state index contributed by atoms with van der Waals surface area (Å²) in [5.41, 5.74) is 1.02. The molecule has 0 saturated heterocycles. The number of hydrogen-bond donors (Lipinski definition) is 2. The van der Waals surface area contributed by atoms with Crippen LogP contribution in [0.5, 0.6) is 0 Å². The zero-order valence-electron chi connectivity index (χ0n) is 9.39. The third-order valence-electron chi connectivity index (χ3n) is 2.00. The number of thiazole rings is 1. The molecule has 0 saturated carbocycles. The van der Waals surface area contributed by atoms with Crippen LogP contribution in [-0.2, 0) is 4.79 Å². The Morgan fingerprint density at radius 2 is 2.20 bits per heavy atom. The highest BCUT2D eigenvalue weighted by Crippen LogP contribution is 2.20. The fraction of sp³-hybridized carbons (Fsp3) is 0.600. The van der Waals surface area contributed by atoms with E-state index in [4.69, 9.17) is 0 Å². The van der Waals surface area contributed by atoms with Crippen molar-refractivity contribution in [1.29, 1.82) is 0 Å². The predicted molar refractivity (Wildman–Crippen MR) is 63.4 cm³/mol. The third kappa shape index (κ3) is 3.87. The number of amides is 1. The zero-order valence-corrected chi connectivity index (χ0v) is 10.2. The van der Waals surface area contributed by atoms with E-state index >= 15 is 0 Å². The third-order valence-corrected chi connectivity index (χ3v) is 3.03. The van der Waals surface area contributed by atoms with Gasteiger partial charge < -0.3 is 10.6 Å². The van der Waals surface area contributed by atoms with Crippen LogP contribution < -0.4 is 10.6 Å². The number of anilines is 1. The molecule has 0 bridgehead atoms. The molecule has 0 radical (unpaired) electrons. The highest BCUT2D eigenvalue weighted by molar-refractivity contribution is 7.15. The van der Waals surface area contributed by atoms with Crippen molar-refractivity contribution in [2.75, 3.05) is 18.4 Å². The van der Waals surface area contributed by atoms with E-state index in [0.717, 1.165) is 23.8 Å². The van der Waals surface area contributed by atoms with Gasteiger partial charge in [-0.25, -0.2) is 4.98 Å². The number of aromatic nitrogens is 1. The van der Waals surface area contributed by atoms with Crippen LogP contribution in [-0.4, -0.2) is 24.0 Å². The lowest BCUT2D eigenvalue weighted by Crippen LogP contribution is -2.30. The van der Waals surface area contributed by atoms with E-state index in [1.807, 2.05) is 20.8 Å². The summed E-state index contributed by atoms with van der Waals surface area (Å²) in [6.45, 7) is 7.05. The van der Waals surface area contributed by atoms with Gasteiger partial charge >= 0.3 is 0 Å². The molecule has 1 heterocycles. The van der Waals surface area contributed by atoms with E-state index in [1.54, 1.807) is 11.3 Å². The van der Waals surface area contributed by atoms with Crippen molar-refractivity contribution in [1.82, 2.24) is 10.3 Å². The number of hydrogen-bond acceptors (Lipinski definition) is 4. The van der Waals surface area contributed by atoms with Crippen molar-refractivity contribution in [2.45, 2.75) is 27.2 Å². The summed E-state index contributed by atoms with van der Waals surface area (Å²) in [6.07, 6.45) is 0.960. The molecule has 0 aliphatic rings. The minimum Gasteiger partial charge on any atom is -0.355 e. The van der Waals surface area contributed by atoms with Crippen LogP contribution in [0.2, 0.25) is 0 Å². The summed E-state index contributed by atoms with van der Waals surface area (Å²) in [5.74, 6) is 0.0161. The maximum atomic E-state index is 11.3. The second-order valence-electron chi connectivity index (χ2n) is 3.36. The molecule has 1 amide bonds. The quantitative estimate of drug-likeness (QED) is 0.805. The molecule has 0 fully saturated rings. The average Bonchev–Trinajstić information content (AvgIpc) is 2.52. The molecule has 0 unspecified atom stereocenters. The van der Waals surface area contributed by atoms with E-state index < -0.39 is 0 Å². The van der Waals surface area contributed by atoms with Gasteiger partial charge in [-0.1, -0.05) is 6.92 Å². The molecule has 15 heavy (non-hydrogen) atoms. The Labute approximate surface area is 94.1 Å². The number of rotatable bonds is 5. The molecule has 1 aromatic heterocycles. The highest BCUT2D eigenvalue weighted by atomic mass is 32.1. The van der Waals surface area contributed by atoms with Gasteiger partial charge in [-0.3, -0.25) is 4.79 Å². The lowest BCUT2D eigenvalue weighted by molar-refractivity contribution is -0.119. The Hall–Kier alpha value is -1.10. The van der Waals surface area contributed by atoms with Gasteiger partial charge in [-0.05, 0) is 20.3 Å². The summed E-state index contributed by atoms with van der Waals surface area (Å²) in [4.78, 5) is 16.7. The summed E-state index contributed by atoms with van der Waals surface area (Å²) in [5, 5.41) is 6.63. The van der Waals surface area contributed by atoms with Crippen molar-refractivity contribution in [2.24, 2.45) is 0 Å². The molecule has 1 aromatic rings. The lowest BCUT2D eigenvalue weighted by atomic mass is 10.4. The predicted octanol–water partition coefficient (Wildman–Crippen LogP) is 1.70. The van der Waals surface area contributed by atoms with Gasteiger partial charge in [0.25, 0.3) is 0 Å². The van der Waals surface area contributed by atoms with Crippen LogP contribution in [0.4, 0.5) is 5.13 Å². The molecule has 0 aliphatic heterocycles. The van der Waals surface area contributed by atoms with Gasteiger partial charge in [0.15, 0.2) is 5.13 Å². The van der Waals surface area contributed by atoms with Crippen molar-refractivity contribution < 1.29 is 4.79 Å². The van der Waals surface area contributed by atoms with Crippen molar-refractivity contribution in [3.05, 3.63) is 10.6 Å². The molecule has 0 spiro atoms. The standard InChI is InChI=1S/C10H17N3OS/c1-4-5-11-9(14)6-12-10-13-7(2)8(3)15-10/h4-6H2,1-3H3,(H,11,14)(H,12,13). The summed E-state index contributed by atoms with van der Waals surface area (Å²) >= 11 is 1.58. The van der Waals surface area contributed by atoms with E-state index in [1.165, 1.54) is 4.88 Å². The number of carbonyl (C=O) groups excluding carboxylic acids is 1. The maximum Gasteiger partial charge on any atom is 0.239 e. The van der Waals surface area contributed by atoms with Gasteiger partial charge in [0, 0.05) is 11.4 Å². The normalized spacial score (nSPS) is 10.1. The first-order valence-electron chi connectivity index (χ1n) is 5.08. The Morgan fingerprint density at radius 3 is 2.73 bits per heavy atom. The maximum absolute atomic E-state index is 11.3. The average molecular weight is 227 g/mol. The first kappa shape index (κ1) is 12.0. The molecule has 84 valence electrons. The van der Waals surface area contributed by atoms with E-state index in [0.29, 0.717) is 6.54 Å². The monoisotopic (exact) mass is 227 g/mol. The van der Waals surface area contributed by atoms with Crippen molar-refractivity contribution in [3.8, 4) is 0 Å². The fourth-order valence-corrected chi connectivity index (χ4v) is 1.84. The smallest absolute Gasteiger partial charge is 0.239 e. The largest absolute Gasteiger partial charge is 0.355 e. The van der Waals surface area contributed by atoms with Crippen LogP contribution in [0.15, 0.2) is 0 Å². The first-order valence-corrected chi connectivity index (χ1v) is 5.89. The van der Waals surface area contributed by atoms with E-state index in [-0.39, 0.29) is 5.91 Å². The second-order valence-corrected chi connectivity index (χ2v) is 4.57. The van der Waals surface area contributed by atoms with Gasteiger partial charge in [0.1, 0.15) is 0 Å². The molecular formula is C10H17N3OS. The van der Waals surface area contributed by atoms with Gasteiger partial charge in [-0.2, -0.15) is 0 Å².